The third kappa shape index (κ3) is 3.79. The summed E-state index contributed by atoms with van der Waals surface area (Å²) in [6.45, 7) is 2.06. The number of rotatable bonds is 4. The Labute approximate surface area is 124 Å². The van der Waals surface area contributed by atoms with E-state index in [0.717, 1.165) is 18.4 Å². The van der Waals surface area contributed by atoms with Crippen LogP contribution in [0.3, 0.4) is 0 Å². The maximum atomic E-state index is 13.3. The topological polar surface area (TPSA) is 12.0 Å². The number of hydrogen-bond acceptors (Lipinski definition) is 1. The zero-order chi connectivity index (χ0) is 15.5. The van der Waals surface area contributed by atoms with E-state index in [9.17, 15) is 13.2 Å². The van der Waals surface area contributed by atoms with Crippen LogP contribution >= 0.6 is 0 Å². The average Bonchev–Trinajstić information content (AvgIpc) is 2.48. The van der Waals surface area contributed by atoms with Crippen LogP contribution in [-0.4, -0.2) is 13.2 Å². The lowest BCUT2D eigenvalue weighted by Crippen LogP contribution is -2.39. The zero-order valence-corrected chi connectivity index (χ0v) is 12.7. The molecular weight excluding hydrogens is 275 g/mol. The first-order valence-electron chi connectivity index (χ1n) is 7.80. The van der Waals surface area contributed by atoms with Gasteiger partial charge in [-0.2, -0.15) is 13.2 Å². The van der Waals surface area contributed by atoms with Crippen LogP contribution in [0, 0.1) is 11.8 Å². The fourth-order valence-corrected chi connectivity index (χ4v) is 3.60. The molecule has 21 heavy (non-hydrogen) atoms. The van der Waals surface area contributed by atoms with Gasteiger partial charge in [-0.3, -0.25) is 0 Å². The molecule has 2 rings (SSSR count). The highest BCUT2D eigenvalue weighted by atomic mass is 19.4. The summed E-state index contributed by atoms with van der Waals surface area (Å²) in [6, 6.07) is 7.75. The van der Waals surface area contributed by atoms with Gasteiger partial charge in [0, 0.05) is 6.04 Å². The smallest absolute Gasteiger partial charge is 0.313 e. The van der Waals surface area contributed by atoms with Crippen molar-refractivity contribution in [3.05, 3.63) is 35.4 Å². The molecule has 0 amide bonds. The number of aryl methyl sites for hydroxylation is 1. The van der Waals surface area contributed by atoms with E-state index >= 15 is 0 Å². The van der Waals surface area contributed by atoms with Gasteiger partial charge in [0.05, 0.1) is 5.92 Å². The van der Waals surface area contributed by atoms with Crippen LogP contribution in [0.25, 0.3) is 0 Å². The van der Waals surface area contributed by atoms with E-state index in [-0.39, 0.29) is 18.4 Å². The number of nitrogens with one attached hydrogen (secondary N) is 1. The summed E-state index contributed by atoms with van der Waals surface area (Å²) in [5.74, 6) is -1.55. The molecule has 1 aromatic rings. The summed E-state index contributed by atoms with van der Waals surface area (Å²) in [6.07, 6.45) is -0.707. The Hall–Kier alpha value is -1.03. The van der Waals surface area contributed by atoms with Crippen LogP contribution in [0.1, 0.15) is 49.8 Å². The first-order chi connectivity index (χ1) is 9.97. The van der Waals surface area contributed by atoms with E-state index in [4.69, 9.17) is 0 Å². The molecule has 1 aliphatic carbocycles. The second-order valence-corrected chi connectivity index (χ2v) is 5.96. The largest absolute Gasteiger partial charge is 0.392 e. The Bertz CT molecular complexity index is 456. The van der Waals surface area contributed by atoms with Crippen molar-refractivity contribution < 1.29 is 13.2 Å². The van der Waals surface area contributed by atoms with E-state index in [1.54, 1.807) is 7.05 Å². The van der Waals surface area contributed by atoms with Crippen LogP contribution in [0.2, 0.25) is 0 Å². The lowest BCUT2D eigenvalue weighted by Gasteiger charge is -2.38. The summed E-state index contributed by atoms with van der Waals surface area (Å²) >= 11 is 0. The summed E-state index contributed by atoms with van der Waals surface area (Å²) < 4.78 is 40.0. The number of halogens is 3. The highest BCUT2D eigenvalue weighted by molar-refractivity contribution is 5.27. The Morgan fingerprint density at radius 2 is 1.95 bits per heavy atom. The molecule has 3 atom stereocenters. The lowest BCUT2D eigenvalue weighted by molar-refractivity contribution is -0.199. The predicted molar refractivity (Wildman–Crippen MR) is 79.1 cm³/mol. The SMILES string of the molecule is CCc1cccc(C(NC)C2CCCCC2C(F)(F)F)c1. The minimum atomic E-state index is -4.09. The third-order valence-electron chi connectivity index (χ3n) is 4.70. The van der Waals surface area contributed by atoms with Gasteiger partial charge in [-0.1, -0.05) is 44.0 Å². The molecule has 0 aromatic heterocycles. The maximum Gasteiger partial charge on any atom is 0.392 e. The Morgan fingerprint density at radius 3 is 2.57 bits per heavy atom. The van der Waals surface area contributed by atoms with Crippen LogP contribution in [-0.2, 0) is 6.42 Å². The molecule has 0 heterocycles. The van der Waals surface area contributed by atoms with Crippen molar-refractivity contribution >= 4 is 0 Å². The van der Waals surface area contributed by atoms with Gasteiger partial charge in [0.15, 0.2) is 0 Å². The molecule has 0 saturated heterocycles. The molecule has 0 aliphatic heterocycles. The van der Waals surface area contributed by atoms with Gasteiger partial charge < -0.3 is 5.32 Å². The van der Waals surface area contributed by atoms with Crippen LogP contribution < -0.4 is 5.32 Å². The van der Waals surface area contributed by atoms with E-state index < -0.39 is 12.1 Å². The molecule has 1 N–H and O–H groups in total. The van der Waals surface area contributed by atoms with Gasteiger partial charge in [0.2, 0.25) is 0 Å². The molecule has 1 nitrogen and oxygen atoms in total. The molecule has 1 fully saturated rings. The van der Waals surface area contributed by atoms with Gasteiger partial charge in [0.25, 0.3) is 0 Å². The molecule has 4 heteroatoms. The summed E-state index contributed by atoms with van der Waals surface area (Å²) in [5, 5.41) is 3.14. The van der Waals surface area contributed by atoms with Crippen molar-refractivity contribution in [3.8, 4) is 0 Å². The Kier molecular flexibility index (Phi) is 5.31. The van der Waals surface area contributed by atoms with Crippen molar-refractivity contribution in [1.29, 1.82) is 0 Å². The Balaban J connectivity index is 2.29. The van der Waals surface area contributed by atoms with Crippen LogP contribution in [0.5, 0.6) is 0 Å². The van der Waals surface area contributed by atoms with E-state index in [1.807, 2.05) is 24.3 Å². The lowest BCUT2D eigenvalue weighted by atomic mass is 9.73. The van der Waals surface area contributed by atoms with Gasteiger partial charge in [-0.05, 0) is 43.4 Å². The first kappa shape index (κ1) is 16.3. The molecule has 0 radical (unpaired) electrons. The summed E-state index contributed by atoms with van der Waals surface area (Å²) in [5.41, 5.74) is 2.16. The fourth-order valence-electron chi connectivity index (χ4n) is 3.60. The van der Waals surface area contributed by atoms with Crippen molar-refractivity contribution in [3.63, 3.8) is 0 Å². The molecule has 0 spiro atoms. The van der Waals surface area contributed by atoms with E-state index in [1.165, 1.54) is 5.56 Å². The highest BCUT2D eigenvalue weighted by Crippen LogP contribution is 2.46. The first-order valence-corrected chi connectivity index (χ1v) is 7.80. The molecule has 1 aromatic carbocycles. The minimum absolute atomic E-state index is 0.219. The van der Waals surface area contributed by atoms with Crippen LogP contribution in [0.15, 0.2) is 24.3 Å². The molecular formula is C17H24F3N. The zero-order valence-electron chi connectivity index (χ0n) is 12.7. The van der Waals surface area contributed by atoms with Crippen molar-refractivity contribution in [2.24, 2.45) is 11.8 Å². The second kappa shape index (κ2) is 6.82. The average molecular weight is 299 g/mol. The molecule has 1 saturated carbocycles. The number of hydrogen-bond donors (Lipinski definition) is 1. The van der Waals surface area contributed by atoms with E-state index in [0.29, 0.717) is 12.8 Å². The van der Waals surface area contributed by atoms with Crippen molar-refractivity contribution in [2.45, 2.75) is 51.2 Å². The maximum absolute atomic E-state index is 13.3. The van der Waals surface area contributed by atoms with Gasteiger partial charge >= 0.3 is 6.18 Å². The van der Waals surface area contributed by atoms with Crippen LogP contribution in [0.4, 0.5) is 13.2 Å². The van der Waals surface area contributed by atoms with Gasteiger partial charge in [-0.25, -0.2) is 0 Å². The van der Waals surface area contributed by atoms with Crippen molar-refractivity contribution in [2.75, 3.05) is 7.05 Å². The summed E-state index contributed by atoms with van der Waals surface area (Å²) in [7, 11) is 1.77. The number of benzene rings is 1. The molecule has 3 unspecified atom stereocenters. The molecule has 1 aliphatic rings. The van der Waals surface area contributed by atoms with Gasteiger partial charge in [0.1, 0.15) is 0 Å². The minimum Gasteiger partial charge on any atom is -0.313 e. The summed E-state index contributed by atoms with van der Waals surface area (Å²) in [4.78, 5) is 0. The third-order valence-corrected chi connectivity index (χ3v) is 4.70. The van der Waals surface area contributed by atoms with Gasteiger partial charge in [-0.15, -0.1) is 0 Å². The normalized spacial score (nSPS) is 24.8. The number of alkyl halides is 3. The highest BCUT2D eigenvalue weighted by Gasteiger charge is 2.47. The fraction of sp³-hybridized carbons (Fsp3) is 0.647. The quantitative estimate of drug-likeness (QED) is 0.835. The predicted octanol–water partition coefficient (Wildman–Crippen LogP) is 4.88. The standard InChI is InChI=1S/C17H24F3N/c1-3-12-7-6-8-13(11-12)16(21-2)14-9-4-5-10-15(14)17(18,19)20/h6-8,11,14-16,21H,3-5,9-10H2,1-2H3. The molecule has 118 valence electrons. The Morgan fingerprint density at radius 1 is 1.24 bits per heavy atom. The monoisotopic (exact) mass is 299 g/mol. The van der Waals surface area contributed by atoms with Crippen molar-refractivity contribution in [1.82, 2.24) is 5.32 Å². The molecule has 0 bridgehead atoms. The van der Waals surface area contributed by atoms with E-state index in [2.05, 4.69) is 12.2 Å². The second-order valence-electron chi connectivity index (χ2n) is 5.96.